The monoisotopic (exact) mass is 301 g/mol. The maximum absolute atomic E-state index is 13.6. The predicted octanol–water partition coefficient (Wildman–Crippen LogP) is 1.59. The molecule has 0 aromatic heterocycles. The Balaban J connectivity index is 2.15. The Hall–Kier alpha value is -1.47. The Morgan fingerprint density at radius 2 is 2.00 bits per heavy atom. The first-order valence-corrected chi connectivity index (χ1v) is 7.96. The van der Waals surface area contributed by atoms with E-state index in [0.29, 0.717) is 5.56 Å². The second-order valence-corrected chi connectivity index (χ2v) is 6.87. The number of hydrogen-bond acceptors (Lipinski definition) is 3. The highest BCUT2D eigenvalue weighted by Crippen LogP contribution is 2.31. The van der Waals surface area contributed by atoms with Crippen LogP contribution in [-0.2, 0) is 21.4 Å². The number of nitrogens with zero attached hydrogens (tertiary/aromatic N) is 1. The molecule has 1 N–H and O–H groups in total. The standard InChI is InChI=1S/C13H16FNO4S/c14-12-4-2-1-3-10(12)9-15(11-5-6-11)20(18,19)8-7-13(16)17/h1-4,11H,5-9H2,(H,16,17). The van der Waals surface area contributed by atoms with Crippen molar-refractivity contribution in [1.29, 1.82) is 0 Å². The van der Waals surface area contributed by atoms with Crippen LogP contribution in [0.1, 0.15) is 24.8 Å². The third kappa shape index (κ3) is 3.77. The molecule has 1 fully saturated rings. The van der Waals surface area contributed by atoms with Gasteiger partial charge in [0.1, 0.15) is 5.82 Å². The van der Waals surface area contributed by atoms with Gasteiger partial charge in [-0.05, 0) is 18.9 Å². The molecule has 1 aromatic rings. The molecule has 0 bridgehead atoms. The first-order chi connectivity index (χ1) is 9.40. The van der Waals surface area contributed by atoms with E-state index in [1.165, 1.54) is 16.4 Å². The van der Waals surface area contributed by atoms with Gasteiger partial charge in [-0.2, -0.15) is 4.31 Å². The van der Waals surface area contributed by atoms with Crippen LogP contribution >= 0.6 is 0 Å². The molecule has 7 heteroatoms. The average Bonchev–Trinajstić information content (AvgIpc) is 3.19. The summed E-state index contributed by atoms with van der Waals surface area (Å²) in [4.78, 5) is 10.5. The Morgan fingerprint density at radius 3 is 2.55 bits per heavy atom. The molecule has 0 saturated heterocycles. The summed E-state index contributed by atoms with van der Waals surface area (Å²) in [5, 5.41) is 8.60. The van der Waals surface area contributed by atoms with Crippen LogP contribution in [0.15, 0.2) is 24.3 Å². The lowest BCUT2D eigenvalue weighted by molar-refractivity contribution is -0.136. The predicted molar refractivity (Wildman–Crippen MR) is 71.0 cm³/mol. The molecule has 20 heavy (non-hydrogen) atoms. The highest BCUT2D eigenvalue weighted by molar-refractivity contribution is 7.89. The molecule has 2 rings (SSSR count). The van der Waals surface area contributed by atoms with Gasteiger partial charge in [0.25, 0.3) is 0 Å². The molecule has 0 atom stereocenters. The molecule has 0 radical (unpaired) electrons. The fourth-order valence-electron chi connectivity index (χ4n) is 1.95. The zero-order valence-corrected chi connectivity index (χ0v) is 11.6. The summed E-state index contributed by atoms with van der Waals surface area (Å²) in [7, 11) is -3.68. The average molecular weight is 301 g/mol. The smallest absolute Gasteiger partial charge is 0.304 e. The summed E-state index contributed by atoms with van der Waals surface area (Å²) in [5.41, 5.74) is 0.304. The molecule has 0 heterocycles. The normalized spacial score (nSPS) is 15.5. The minimum absolute atomic E-state index is 0.0424. The summed E-state index contributed by atoms with van der Waals surface area (Å²) < 4.78 is 39.2. The minimum atomic E-state index is -3.68. The Bertz CT molecular complexity index is 598. The van der Waals surface area contributed by atoms with E-state index < -0.39 is 34.0 Å². The SMILES string of the molecule is O=C(O)CCS(=O)(=O)N(Cc1ccccc1F)C1CC1. The molecule has 5 nitrogen and oxygen atoms in total. The first-order valence-electron chi connectivity index (χ1n) is 6.35. The quantitative estimate of drug-likeness (QED) is 0.830. The van der Waals surface area contributed by atoms with Crippen molar-refractivity contribution in [3.63, 3.8) is 0 Å². The van der Waals surface area contributed by atoms with Crippen LogP contribution in [0.4, 0.5) is 4.39 Å². The van der Waals surface area contributed by atoms with Gasteiger partial charge in [-0.1, -0.05) is 18.2 Å². The molecular formula is C13H16FNO4S. The lowest BCUT2D eigenvalue weighted by Crippen LogP contribution is -2.35. The van der Waals surface area contributed by atoms with Crippen LogP contribution in [0.5, 0.6) is 0 Å². The van der Waals surface area contributed by atoms with Gasteiger partial charge >= 0.3 is 5.97 Å². The van der Waals surface area contributed by atoms with Crippen molar-refractivity contribution < 1.29 is 22.7 Å². The number of carboxylic acid groups (broad SMARTS) is 1. The van der Waals surface area contributed by atoms with Gasteiger partial charge in [0.05, 0.1) is 12.2 Å². The molecule has 1 aliphatic carbocycles. The number of benzene rings is 1. The molecule has 0 unspecified atom stereocenters. The van der Waals surface area contributed by atoms with E-state index in [4.69, 9.17) is 5.11 Å². The van der Waals surface area contributed by atoms with E-state index in [9.17, 15) is 17.6 Å². The topological polar surface area (TPSA) is 74.7 Å². The molecule has 1 saturated carbocycles. The number of halogens is 1. The van der Waals surface area contributed by atoms with Gasteiger partial charge in [0, 0.05) is 18.2 Å². The number of carboxylic acids is 1. The number of carbonyl (C=O) groups is 1. The van der Waals surface area contributed by atoms with Crippen LogP contribution in [0.3, 0.4) is 0 Å². The Labute approximate surface area is 117 Å². The molecule has 1 aliphatic rings. The molecule has 0 aliphatic heterocycles. The third-order valence-electron chi connectivity index (χ3n) is 3.17. The number of aliphatic carboxylic acids is 1. The van der Waals surface area contributed by atoms with Gasteiger partial charge in [-0.15, -0.1) is 0 Å². The summed E-state index contributed by atoms with van der Waals surface area (Å²) in [6.07, 6.45) is 1.03. The molecule has 0 amide bonds. The number of sulfonamides is 1. The second-order valence-electron chi connectivity index (χ2n) is 4.83. The Morgan fingerprint density at radius 1 is 1.35 bits per heavy atom. The van der Waals surface area contributed by atoms with Gasteiger partial charge in [0.2, 0.25) is 10.0 Å². The number of rotatable bonds is 7. The largest absolute Gasteiger partial charge is 0.481 e. The second kappa shape index (κ2) is 5.88. The van der Waals surface area contributed by atoms with E-state index >= 15 is 0 Å². The van der Waals surface area contributed by atoms with Crippen molar-refractivity contribution in [2.45, 2.75) is 31.8 Å². The van der Waals surface area contributed by atoms with Gasteiger partial charge in [-0.25, -0.2) is 12.8 Å². The van der Waals surface area contributed by atoms with Gasteiger partial charge in [-0.3, -0.25) is 4.79 Å². The summed E-state index contributed by atoms with van der Waals surface area (Å²) in [5.74, 6) is -2.06. The molecule has 110 valence electrons. The van der Waals surface area contributed by atoms with E-state index in [1.807, 2.05) is 0 Å². The van der Waals surface area contributed by atoms with Crippen LogP contribution < -0.4 is 0 Å². The van der Waals surface area contributed by atoms with Crippen molar-refractivity contribution in [3.05, 3.63) is 35.6 Å². The maximum atomic E-state index is 13.6. The van der Waals surface area contributed by atoms with E-state index in [1.54, 1.807) is 12.1 Å². The van der Waals surface area contributed by atoms with E-state index in [0.717, 1.165) is 12.8 Å². The maximum Gasteiger partial charge on any atom is 0.304 e. The highest BCUT2D eigenvalue weighted by Gasteiger charge is 2.37. The van der Waals surface area contributed by atoms with Crippen molar-refractivity contribution in [3.8, 4) is 0 Å². The van der Waals surface area contributed by atoms with Crippen molar-refractivity contribution in [2.75, 3.05) is 5.75 Å². The lowest BCUT2D eigenvalue weighted by Gasteiger charge is -2.21. The summed E-state index contributed by atoms with van der Waals surface area (Å²) in [6.45, 7) is -0.0424. The van der Waals surface area contributed by atoms with Crippen molar-refractivity contribution in [1.82, 2.24) is 4.31 Å². The zero-order valence-electron chi connectivity index (χ0n) is 10.8. The lowest BCUT2D eigenvalue weighted by atomic mass is 10.2. The van der Waals surface area contributed by atoms with E-state index in [-0.39, 0.29) is 12.6 Å². The van der Waals surface area contributed by atoms with Gasteiger partial charge < -0.3 is 5.11 Å². The molecular weight excluding hydrogens is 285 g/mol. The number of hydrogen-bond donors (Lipinski definition) is 1. The van der Waals surface area contributed by atoms with Crippen molar-refractivity contribution >= 4 is 16.0 Å². The van der Waals surface area contributed by atoms with Crippen LogP contribution in [0.2, 0.25) is 0 Å². The third-order valence-corrected chi connectivity index (χ3v) is 5.03. The molecule has 1 aromatic carbocycles. The van der Waals surface area contributed by atoms with Crippen LogP contribution in [0.25, 0.3) is 0 Å². The Kier molecular flexibility index (Phi) is 4.39. The summed E-state index contributed by atoms with van der Waals surface area (Å²) >= 11 is 0. The zero-order chi connectivity index (χ0) is 14.8. The summed E-state index contributed by atoms with van der Waals surface area (Å²) in [6, 6.07) is 5.88. The van der Waals surface area contributed by atoms with Crippen LogP contribution in [0, 0.1) is 5.82 Å². The van der Waals surface area contributed by atoms with Gasteiger partial charge in [0.15, 0.2) is 0 Å². The van der Waals surface area contributed by atoms with Crippen molar-refractivity contribution in [2.24, 2.45) is 0 Å². The van der Waals surface area contributed by atoms with Crippen LogP contribution in [-0.4, -0.2) is 35.6 Å². The minimum Gasteiger partial charge on any atom is -0.481 e. The molecule has 0 spiro atoms. The fourth-order valence-corrected chi connectivity index (χ4v) is 3.61. The first kappa shape index (κ1) is 14.9. The highest BCUT2D eigenvalue weighted by atomic mass is 32.2. The fraction of sp³-hybridized carbons (Fsp3) is 0.462. The van der Waals surface area contributed by atoms with E-state index in [2.05, 4.69) is 0 Å².